The van der Waals surface area contributed by atoms with Gasteiger partial charge in [-0.25, -0.2) is 0 Å². The zero-order valence-electron chi connectivity index (χ0n) is 8.20. The van der Waals surface area contributed by atoms with Gasteiger partial charge in [-0.05, 0) is 30.2 Å². The van der Waals surface area contributed by atoms with Gasteiger partial charge in [0.15, 0.2) is 0 Å². The lowest BCUT2D eigenvalue weighted by molar-refractivity contribution is 0.403. The fourth-order valence-corrected chi connectivity index (χ4v) is 1.53. The summed E-state index contributed by atoms with van der Waals surface area (Å²) in [6, 6.07) is 5.85. The molecular formula is C11H11NO2. The Morgan fingerprint density at radius 3 is 2.79 bits per heavy atom. The Morgan fingerprint density at radius 1 is 1.57 bits per heavy atom. The van der Waals surface area contributed by atoms with Crippen LogP contribution in [0.1, 0.15) is 22.8 Å². The predicted octanol–water partition coefficient (Wildman–Crippen LogP) is 1.95. The molecule has 0 unspecified atom stereocenters. The minimum Gasteiger partial charge on any atom is -0.495 e. The van der Waals surface area contributed by atoms with Crippen LogP contribution in [0.2, 0.25) is 0 Å². The quantitative estimate of drug-likeness (QED) is 0.668. The molecule has 72 valence electrons. The number of hydrogen-bond acceptors (Lipinski definition) is 3. The predicted molar refractivity (Wildman–Crippen MR) is 51.1 cm³/mol. The van der Waals surface area contributed by atoms with E-state index in [9.17, 15) is 0 Å². The summed E-state index contributed by atoms with van der Waals surface area (Å²) in [5, 5.41) is 8.86. The first-order chi connectivity index (χ1) is 6.76. The summed E-state index contributed by atoms with van der Waals surface area (Å²) in [4.78, 5) is 0. The van der Waals surface area contributed by atoms with Crippen molar-refractivity contribution in [3.63, 3.8) is 0 Å². The van der Waals surface area contributed by atoms with Gasteiger partial charge >= 0.3 is 0 Å². The first-order valence-electron chi connectivity index (χ1n) is 4.46. The highest BCUT2D eigenvalue weighted by molar-refractivity contribution is 5.49. The molecule has 1 aromatic rings. The summed E-state index contributed by atoms with van der Waals surface area (Å²) in [5.74, 6) is 0.628. The maximum Gasteiger partial charge on any atom is 0.137 e. The molecule has 1 atom stereocenters. The Bertz CT molecular complexity index is 402. The molecule has 14 heavy (non-hydrogen) atoms. The minimum absolute atomic E-state index is 0.205. The number of ether oxygens (including phenoxy) is 2. The van der Waals surface area contributed by atoms with E-state index in [0.717, 1.165) is 17.7 Å². The van der Waals surface area contributed by atoms with E-state index in [1.54, 1.807) is 7.11 Å². The molecule has 1 heterocycles. The average molecular weight is 189 g/mol. The third kappa shape index (κ3) is 1.45. The molecule has 3 heteroatoms. The van der Waals surface area contributed by atoms with Gasteiger partial charge in [0, 0.05) is 0 Å². The summed E-state index contributed by atoms with van der Waals surface area (Å²) in [6.45, 7) is 2.76. The van der Waals surface area contributed by atoms with Crippen LogP contribution in [0.3, 0.4) is 0 Å². The van der Waals surface area contributed by atoms with E-state index in [-0.39, 0.29) is 6.10 Å². The van der Waals surface area contributed by atoms with Crippen LogP contribution in [0.15, 0.2) is 12.1 Å². The zero-order valence-corrected chi connectivity index (χ0v) is 8.20. The highest BCUT2D eigenvalue weighted by Crippen LogP contribution is 2.35. The van der Waals surface area contributed by atoms with Gasteiger partial charge in [-0.15, -0.1) is 0 Å². The van der Waals surface area contributed by atoms with Crippen molar-refractivity contribution in [2.24, 2.45) is 0 Å². The topological polar surface area (TPSA) is 45.5 Å². The van der Waals surface area contributed by atoms with Gasteiger partial charge in [0.05, 0.1) is 19.3 Å². The molecule has 0 radical (unpaired) electrons. The van der Waals surface area contributed by atoms with Crippen LogP contribution in [0.5, 0.6) is 5.75 Å². The normalized spacial score (nSPS) is 18.8. The van der Waals surface area contributed by atoms with Crippen molar-refractivity contribution in [2.75, 3.05) is 13.7 Å². The molecule has 0 aliphatic carbocycles. The molecule has 1 aliphatic heterocycles. The van der Waals surface area contributed by atoms with E-state index in [0.29, 0.717) is 11.3 Å². The van der Waals surface area contributed by atoms with Gasteiger partial charge < -0.3 is 9.47 Å². The second-order valence-electron chi connectivity index (χ2n) is 3.34. The van der Waals surface area contributed by atoms with E-state index < -0.39 is 0 Å². The molecule has 1 aromatic carbocycles. The standard InChI is InChI=1S/C11H11NO2/c1-7-3-8(5-12)10(13-2)4-9(7)11-6-14-11/h3-4,11H,6H2,1-2H3/t11-/m1/s1. The monoisotopic (exact) mass is 189 g/mol. The van der Waals surface area contributed by atoms with Crippen LogP contribution in [0.25, 0.3) is 0 Å². The first-order valence-corrected chi connectivity index (χ1v) is 4.46. The molecule has 0 amide bonds. The molecular weight excluding hydrogens is 178 g/mol. The highest BCUT2D eigenvalue weighted by atomic mass is 16.6. The van der Waals surface area contributed by atoms with Gasteiger partial charge in [-0.2, -0.15) is 5.26 Å². The van der Waals surface area contributed by atoms with Gasteiger partial charge in [-0.1, -0.05) is 0 Å². The van der Waals surface area contributed by atoms with Crippen molar-refractivity contribution >= 4 is 0 Å². The van der Waals surface area contributed by atoms with Gasteiger partial charge in [0.2, 0.25) is 0 Å². The third-order valence-corrected chi connectivity index (χ3v) is 2.39. The fourth-order valence-electron chi connectivity index (χ4n) is 1.53. The smallest absolute Gasteiger partial charge is 0.137 e. The van der Waals surface area contributed by atoms with E-state index in [2.05, 4.69) is 6.07 Å². The molecule has 3 nitrogen and oxygen atoms in total. The molecule has 0 spiro atoms. The van der Waals surface area contributed by atoms with E-state index in [1.165, 1.54) is 0 Å². The lowest BCUT2D eigenvalue weighted by Gasteiger charge is -2.07. The number of epoxide rings is 1. The van der Waals surface area contributed by atoms with Crippen molar-refractivity contribution in [1.29, 1.82) is 5.26 Å². The van der Waals surface area contributed by atoms with E-state index in [4.69, 9.17) is 14.7 Å². The Kier molecular flexibility index (Phi) is 2.14. The maximum atomic E-state index is 8.86. The number of methoxy groups -OCH3 is 1. The van der Waals surface area contributed by atoms with Crippen LogP contribution in [-0.2, 0) is 4.74 Å². The second-order valence-corrected chi connectivity index (χ2v) is 3.34. The highest BCUT2D eigenvalue weighted by Gasteiger charge is 2.27. The summed E-state index contributed by atoms with van der Waals surface area (Å²) >= 11 is 0. The minimum atomic E-state index is 0.205. The summed E-state index contributed by atoms with van der Waals surface area (Å²) in [6.07, 6.45) is 0.205. The van der Waals surface area contributed by atoms with Crippen LogP contribution in [0.4, 0.5) is 0 Å². The van der Waals surface area contributed by atoms with Gasteiger partial charge in [0.1, 0.15) is 17.9 Å². The average Bonchev–Trinajstić information content (AvgIpc) is 3.01. The molecule has 2 rings (SSSR count). The number of benzene rings is 1. The number of nitrogens with zero attached hydrogens (tertiary/aromatic N) is 1. The maximum absolute atomic E-state index is 8.86. The van der Waals surface area contributed by atoms with E-state index >= 15 is 0 Å². The number of rotatable bonds is 2. The molecule has 1 saturated heterocycles. The number of aryl methyl sites for hydroxylation is 1. The Hall–Kier alpha value is -1.53. The molecule has 0 saturated carbocycles. The third-order valence-electron chi connectivity index (χ3n) is 2.39. The molecule has 1 aliphatic rings. The SMILES string of the molecule is COc1cc([C@H]2CO2)c(C)cc1C#N. The van der Waals surface area contributed by atoms with Crippen molar-refractivity contribution in [2.45, 2.75) is 13.0 Å². The van der Waals surface area contributed by atoms with Gasteiger partial charge in [-0.3, -0.25) is 0 Å². The summed E-state index contributed by atoms with van der Waals surface area (Å²) in [7, 11) is 1.57. The van der Waals surface area contributed by atoms with Crippen molar-refractivity contribution < 1.29 is 9.47 Å². The molecule has 0 aromatic heterocycles. The van der Waals surface area contributed by atoms with Crippen LogP contribution >= 0.6 is 0 Å². The van der Waals surface area contributed by atoms with Gasteiger partial charge in [0.25, 0.3) is 0 Å². The number of nitriles is 1. The summed E-state index contributed by atoms with van der Waals surface area (Å²) < 4.78 is 10.3. The Labute approximate surface area is 82.9 Å². The lowest BCUT2D eigenvalue weighted by atomic mass is 10.0. The van der Waals surface area contributed by atoms with Crippen LogP contribution < -0.4 is 4.74 Å². The molecule has 0 bridgehead atoms. The second kappa shape index (κ2) is 3.32. The Balaban J connectivity index is 2.49. The number of hydrogen-bond donors (Lipinski definition) is 0. The molecule has 0 N–H and O–H groups in total. The largest absolute Gasteiger partial charge is 0.495 e. The Morgan fingerprint density at radius 2 is 2.29 bits per heavy atom. The zero-order chi connectivity index (χ0) is 10.1. The first kappa shape index (κ1) is 9.04. The molecule has 1 fully saturated rings. The van der Waals surface area contributed by atoms with Crippen molar-refractivity contribution in [1.82, 2.24) is 0 Å². The van der Waals surface area contributed by atoms with Crippen molar-refractivity contribution in [3.05, 3.63) is 28.8 Å². The van der Waals surface area contributed by atoms with Crippen LogP contribution in [0, 0.1) is 18.3 Å². The summed E-state index contributed by atoms with van der Waals surface area (Å²) in [5.41, 5.74) is 2.79. The van der Waals surface area contributed by atoms with Crippen molar-refractivity contribution in [3.8, 4) is 11.8 Å². The van der Waals surface area contributed by atoms with E-state index in [1.807, 2.05) is 19.1 Å². The van der Waals surface area contributed by atoms with Crippen LogP contribution in [-0.4, -0.2) is 13.7 Å². The lowest BCUT2D eigenvalue weighted by Crippen LogP contribution is -1.94. The fraction of sp³-hybridized carbons (Fsp3) is 0.364.